The highest BCUT2D eigenvalue weighted by Gasteiger charge is 2.18. The maximum Gasteiger partial charge on any atom is 0.270 e. The number of aryl methyl sites for hydroxylation is 2. The van der Waals surface area contributed by atoms with E-state index in [-0.39, 0.29) is 5.91 Å². The van der Waals surface area contributed by atoms with Crippen LogP contribution in [0.5, 0.6) is 0 Å². The molecule has 4 aromatic rings. The Morgan fingerprint density at radius 3 is 2.59 bits per heavy atom. The van der Waals surface area contributed by atoms with Crippen molar-refractivity contribution in [1.29, 1.82) is 0 Å². The number of nitrogens with zero attached hydrogens (tertiary/aromatic N) is 7. The van der Waals surface area contributed by atoms with Gasteiger partial charge in [-0.1, -0.05) is 5.16 Å². The van der Waals surface area contributed by atoms with Gasteiger partial charge in [0.2, 0.25) is 11.7 Å². The molecule has 1 amide bonds. The number of aromatic nitrogens is 5. The van der Waals surface area contributed by atoms with Crippen LogP contribution in [0.2, 0.25) is 0 Å². The monoisotopic (exact) mass is 433 g/mol. The summed E-state index contributed by atoms with van der Waals surface area (Å²) in [6.07, 6.45) is 4.40. The maximum absolute atomic E-state index is 13.0. The summed E-state index contributed by atoms with van der Waals surface area (Å²) in [4.78, 5) is 30.2. The summed E-state index contributed by atoms with van der Waals surface area (Å²) >= 11 is 0. The lowest BCUT2D eigenvalue weighted by atomic mass is 10.1. The molecule has 9 nitrogen and oxygen atoms in total. The Morgan fingerprint density at radius 1 is 1.09 bits per heavy atom. The van der Waals surface area contributed by atoms with Crippen LogP contribution in [-0.4, -0.2) is 74.6 Å². The van der Waals surface area contributed by atoms with Crippen molar-refractivity contribution < 1.29 is 9.32 Å². The molecule has 0 aliphatic rings. The molecule has 4 heterocycles. The molecule has 0 radical (unpaired) electrons. The summed E-state index contributed by atoms with van der Waals surface area (Å²) in [5.74, 6) is 1.01. The minimum Gasteiger partial charge on any atom is -0.340 e. The van der Waals surface area contributed by atoms with E-state index < -0.39 is 0 Å². The van der Waals surface area contributed by atoms with E-state index in [9.17, 15) is 4.79 Å². The Labute approximate surface area is 186 Å². The summed E-state index contributed by atoms with van der Waals surface area (Å²) in [5.41, 5.74) is 3.74. The second kappa shape index (κ2) is 8.88. The molecule has 9 heteroatoms. The molecule has 0 aromatic carbocycles. The van der Waals surface area contributed by atoms with Gasteiger partial charge in [-0.05, 0) is 51.3 Å². The normalized spacial score (nSPS) is 11.4. The molecule has 0 N–H and O–H groups in total. The number of fused-ring (bicyclic) bond motifs is 1. The van der Waals surface area contributed by atoms with Crippen LogP contribution in [0.1, 0.15) is 22.8 Å². The number of hydrogen-bond donors (Lipinski definition) is 0. The van der Waals surface area contributed by atoms with Crippen molar-refractivity contribution >= 4 is 16.8 Å². The van der Waals surface area contributed by atoms with E-state index >= 15 is 0 Å². The first-order valence-corrected chi connectivity index (χ1v) is 10.5. The van der Waals surface area contributed by atoms with E-state index in [0.29, 0.717) is 35.3 Å². The topological polar surface area (TPSA) is 93.2 Å². The fourth-order valence-corrected chi connectivity index (χ4v) is 3.63. The van der Waals surface area contributed by atoms with Gasteiger partial charge in [-0.2, -0.15) is 4.98 Å². The summed E-state index contributed by atoms with van der Waals surface area (Å²) in [6.45, 7) is 3.39. The second-order valence-corrected chi connectivity index (χ2v) is 8.17. The second-order valence-electron chi connectivity index (χ2n) is 8.17. The summed E-state index contributed by atoms with van der Waals surface area (Å²) in [6, 6.07) is 7.58. The third kappa shape index (κ3) is 4.38. The third-order valence-electron chi connectivity index (χ3n) is 5.40. The first-order valence-electron chi connectivity index (χ1n) is 10.5. The number of carbonyl (C=O) groups is 1. The molecular weight excluding hydrogens is 406 g/mol. The van der Waals surface area contributed by atoms with Crippen LogP contribution >= 0.6 is 0 Å². The van der Waals surface area contributed by atoms with Gasteiger partial charge in [0.1, 0.15) is 5.69 Å². The molecule has 0 aliphatic heterocycles. The molecule has 32 heavy (non-hydrogen) atoms. The highest BCUT2D eigenvalue weighted by molar-refractivity contribution is 5.99. The minimum absolute atomic E-state index is 0.00314. The molecule has 0 atom stereocenters. The Kier molecular flexibility index (Phi) is 6.00. The van der Waals surface area contributed by atoms with Crippen molar-refractivity contribution in [3.8, 4) is 22.8 Å². The fourth-order valence-electron chi connectivity index (χ4n) is 3.63. The van der Waals surface area contributed by atoms with Gasteiger partial charge in [0.05, 0.1) is 23.1 Å². The predicted molar refractivity (Wildman–Crippen MR) is 122 cm³/mol. The number of amides is 1. The minimum atomic E-state index is -0.00314. The zero-order valence-corrected chi connectivity index (χ0v) is 19.0. The maximum atomic E-state index is 13.0. The van der Waals surface area contributed by atoms with Crippen LogP contribution in [0.25, 0.3) is 33.7 Å². The molecule has 4 aromatic heterocycles. The van der Waals surface area contributed by atoms with Crippen molar-refractivity contribution in [2.45, 2.75) is 13.3 Å². The quantitative estimate of drug-likeness (QED) is 0.442. The fraction of sp³-hybridized carbons (Fsp3) is 0.348. The average molecular weight is 434 g/mol. The van der Waals surface area contributed by atoms with Crippen LogP contribution in [0.15, 0.2) is 41.2 Å². The standard InChI is InChI=1S/C23H27N7O2/c1-15-26-22(27-32-15)16-7-8-24-18(11-16)19-12-17-13-20(30(5)21(17)14-25-19)23(31)29(4)10-6-9-28(2)3/h7-8,11-14H,6,9-10H2,1-5H3. The van der Waals surface area contributed by atoms with Crippen molar-refractivity contribution in [2.24, 2.45) is 7.05 Å². The molecule has 0 fully saturated rings. The van der Waals surface area contributed by atoms with Gasteiger partial charge in [0.25, 0.3) is 5.91 Å². The molecule has 0 bridgehead atoms. The van der Waals surface area contributed by atoms with Crippen molar-refractivity contribution in [2.75, 3.05) is 34.2 Å². The summed E-state index contributed by atoms with van der Waals surface area (Å²) in [7, 11) is 7.80. The Morgan fingerprint density at radius 2 is 1.88 bits per heavy atom. The lowest BCUT2D eigenvalue weighted by molar-refractivity contribution is 0.0781. The van der Waals surface area contributed by atoms with E-state index in [2.05, 4.69) is 25.0 Å². The summed E-state index contributed by atoms with van der Waals surface area (Å²) in [5, 5.41) is 4.91. The highest BCUT2D eigenvalue weighted by Crippen LogP contribution is 2.26. The smallest absolute Gasteiger partial charge is 0.270 e. The van der Waals surface area contributed by atoms with Crippen LogP contribution in [0.4, 0.5) is 0 Å². The van der Waals surface area contributed by atoms with Crippen molar-refractivity contribution in [3.63, 3.8) is 0 Å². The molecule has 0 spiro atoms. The van der Waals surface area contributed by atoms with Crippen molar-refractivity contribution in [3.05, 3.63) is 48.2 Å². The predicted octanol–water partition coefficient (Wildman–Crippen LogP) is 3.02. The first-order chi connectivity index (χ1) is 15.3. The highest BCUT2D eigenvalue weighted by atomic mass is 16.5. The zero-order valence-electron chi connectivity index (χ0n) is 19.0. The first kappa shape index (κ1) is 21.6. The van der Waals surface area contributed by atoms with Gasteiger partial charge in [-0.3, -0.25) is 14.8 Å². The largest absolute Gasteiger partial charge is 0.340 e. The lowest BCUT2D eigenvalue weighted by Gasteiger charge is -2.18. The number of hydrogen-bond acceptors (Lipinski definition) is 7. The lowest BCUT2D eigenvalue weighted by Crippen LogP contribution is -2.30. The Bertz CT molecular complexity index is 1260. The molecule has 0 saturated carbocycles. The molecule has 0 unspecified atom stereocenters. The van der Waals surface area contributed by atoms with Gasteiger partial charge in [0, 0.05) is 44.7 Å². The van der Waals surface area contributed by atoms with E-state index in [4.69, 9.17) is 4.52 Å². The molecule has 4 rings (SSSR count). The molecule has 166 valence electrons. The third-order valence-corrected chi connectivity index (χ3v) is 5.40. The number of pyridine rings is 2. The molecule has 0 saturated heterocycles. The summed E-state index contributed by atoms with van der Waals surface area (Å²) < 4.78 is 6.97. The van der Waals surface area contributed by atoms with Gasteiger partial charge < -0.3 is 18.9 Å². The number of carbonyl (C=O) groups excluding carboxylic acids is 1. The van der Waals surface area contributed by atoms with Gasteiger partial charge in [-0.25, -0.2) is 0 Å². The molecular formula is C23H27N7O2. The van der Waals surface area contributed by atoms with Crippen LogP contribution in [0, 0.1) is 6.92 Å². The van der Waals surface area contributed by atoms with E-state index in [1.807, 2.05) is 57.0 Å². The van der Waals surface area contributed by atoms with E-state index in [1.54, 1.807) is 24.2 Å². The average Bonchev–Trinajstić information content (AvgIpc) is 3.36. The van der Waals surface area contributed by atoms with Gasteiger partial charge in [-0.15, -0.1) is 0 Å². The van der Waals surface area contributed by atoms with E-state index in [0.717, 1.165) is 29.4 Å². The van der Waals surface area contributed by atoms with Crippen molar-refractivity contribution in [1.82, 2.24) is 34.5 Å². The van der Waals surface area contributed by atoms with Crippen LogP contribution < -0.4 is 0 Å². The van der Waals surface area contributed by atoms with Crippen LogP contribution in [0.3, 0.4) is 0 Å². The molecule has 0 aliphatic carbocycles. The Hall–Kier alpha value is -3.59. The van der Waals surface area contributed by atoms with E-state index in [1.165, 1.54) is 0 Å². The SMILES string of the molecule is Cc1nc(-c2ccnc(-c3cc4cc(C(=O)N(C)CCCN(C)C)n(C)c4cn3)c2)no1. The number of rotatable bonds is 7. The van der Waals surface area contributed by atoms with Gasteiger partial charge >= 0.3 is 0 Å². The Balaban J connectivity index is 1.61. The van der Waals surface area contributed by atoms with Gasteiger partial charge in [0.15, 0.2) is 0 Å². The van der Waals surface area contributed by atoms with Crippen LogP contribution in [-0.2, 0) is 7.05 Å². The zero-order chi connectivity index (χ0) is 22.8.